The highest BCUT2D eigenvalue weighted by atomic mass is 32.2. The quantitative estimate of drug-likeness (QED) is 0.874. The summed E-state index contributed by atoms with van der Waals surface area (Å²) < 4.78 is 26.8. The number of benzene rings is 2. The van der Waals surface area contributed by atoms with Gasteiger partial charge in [-0.25, -0.2) is 13.1 Å². The third kappa shape index (κ3) is 3.89. The van der Waals surface area contributed by atoms with Crippen molar-refractivity contribution in [1.29, 1.82) is 5.26 Å². The molecule has 3 N–H and O–H groups in total. The summed E-state index contributed by atoms with van der Waals surface area (Å²) in [6.45, 7) is 0.547. The van der Waals surface area contributed by atoms with E-state index in [-0.39, 0.29) is 11.4 Å². The van der Waals surface area contributed by atoms with Gasteiger partial charge in [-0.05, 0) is 35.4 Å². The molecule has 0 aliphatic carbocycles. The van der Waals surface area contributed by atoms with Crippen LogP contribution in [0.1, 0.15) is 16.7 Å². The van der Waals surface area contributed by atoms with Crippen LogP contribution in [0, 0.1) is 11.3 Å². The van der Waals surface area contributed by atoms with E-state index in [2.05, 4.69) is 4.72 Å². The second-order valence-electron chi connectivity index (χ2n) is 4.48. The molecule has 0 unspecified atom stereocenters. The van der Waals surface area contributed by atoms with Gasteiger partial charge < -0.3 is 5.73 Å². The highest BCUT2D eigenvalue weighted by Crippen LogP contribution is 2.11. The van der Waals surface area contributed by atoms with Gasteiger partial charge in [0.05, 0.1) is 16.5 Å². The lowest BCUT2D eigenvalue weighted by atomic mass is 10.1. The van der Waals surface area contributed by atoms with Crippen molar-refractivity contribution in [1.82, 2.24) is 4.72 Å². The minimum atomic E-state index is -3.55. The third-order valence-electron chi connectivity index (χ3n) is 3.02. The largest absolute Gasteiger partial charge is 0.326 e. The van der Waals surface area contributed by atoms with Crippen LogP contribution in [-0.2, 0) is 23.1 Å². The number of nitrogens with zero attached hydrogens (tertiary/aromatic N) is 1. The summed E-state index contributed by atoms with van der Waals surface area (Å²) in [5.41, 5.74) is 7.68. The standard InChI is InChI=1S/C15H15N3O2S/c16-9-12-1-3-14(4-2-12)11-18-21(19,20)15-7-5-13(10-17)6-8-15/h1-8,18H,10-11,17H2. The van der Waals surface area contributed by atoms with Gasteiger partial charge in [0, 0.05) is 13.1 Å². The van der Waals surface area contributed by atoms with Gasteiger partial charge in [-0.3, -0.25) is 0 Å². The third-order valence-corrected chi connectivity index (χ3v) is 4.44. The van der Waals surface area contributed by atoms with E-state index < -0.39 is 10.0 Å². The molecule has 2 aromatic carbocycles. The van der Waals surface area contributed by atoms with E-state index in [1.165, 1.54) is 12.1 Å². The fourth-order valence-corrected chi connectivity index (χ4v) is 2.78. The predicted molar refractivity (Wildman–Crippen MR) is 79.5 cm³/mol. The SMILES string of the molecule is N#Cc1ccc(CNS(=O)(=O)c2ccc(CN)cc2)cc1. The Hall–Kier alpha value is -2.20. The van der Waals surface area contributed by atoms with E-state index >= 15 is 0 Å². The van der Waals surface area contributed by atoms with E-state index in [4.69, 9.17) is 11.0 Å². The number of sulfonamides is 1. The average molecular weight is 301 g/mol. The molecule has 0 radical (unpaired) electrons. The summed E-state index contributed by atoms with van der Waals surface area (Å²) in [5.74, 6) is 0. The summed E-state index contributed by atoms with van der Waals surface area (Å²) >= 11 is 0. The van der Waals surface area contributed by atoms with Gasteiger partial charge in [0.2, 0.25) is 10.0 Å². The van der Waals surface area contributed by atoms with Crippen LogP contribution in [0.5, 0.6) is 0 Å². The first kappa shape index (κ1) is 15.2. The maximum Gasteiger partial charge on any atom is 0.240 e. The molecule has 21 heavy (non-hydrogen) atoms. The van der Waals surface area contributed by atoms with Crippen molar-refractivity contribution in [3.05, 3.63) is 65.2 Å². The van der Waals surface area contributed by atoms with Crippen molar-refractivity contribution >= 4 is 10.0 Å². The van der Waals surface area contributed by atoms with Gasteiger partial charge in [-0.15, -0.1) is 0 Å². The van der Waals surface area contributed by atoms with Crippen molar-refractivity contribution in [2.75, 3.05) is 0 Å². The molecule has 0 aliphatic rings. The van der Waals surface area contributed by atoms with Crippen molar-refractivity contribution in [2.45, 2.75) is 18.0 Å². The molecule has 2 rings (SSSR count). The molecular weight excluding hydrogens is 286 g/mol. The molecule has 0 aromatic heterocycles. The normalized spacial score (nSPS) is 11.0. The molecule has 6 heteroatoms. The lowest BCUT2D eigenvalue weighted by Gasteiger charge is -2.07. The number of nitrogens with two attached hydrogens (primary N) is 1. The van der Waals surface area contributed by atoms with Crippen molar-refractivity contribution in [3.63, 3.8) is 0 Å². The van der Waals surface area contributed by atoms with Crippen LogP contribution < -0.4 is 10.5 Å². The molecule has 0 saturated heterocycles. The van der Waals surface area contributed by atoms with Gasteiger partial charge in [0.15, 0.2) is 0 Å². The lowest BCUT2D eigenvalue weighted by Crippen LogP contribution is -2.23. The predicted octanol–water partition coefficient (Wildman–Crippen LogP) is 1.50. The van der Waals surface area contributed by atoms with Crippen LogP contribution in [0.2, 0.25) is 0 Å². The Morgan fingerprint density at radius 2 is 1.57 bits per heavy atom. The Morgan fingerprint density at radius 3 is 2.10 bits per heavy atom. The van der Waals surface area contributed by atoms with E-state index in [9.17, 15) is 8.42 Å². The van der Waals surface area contributed by atoms with Gasteiger partial charge in [-0.2, -0.15) is 5.26 Å². The first-order valence-electron chi connectivity index (χ1n) is 6.33. The minimum absolute atomic E-state index is 0.173. The molecule has 0 saturated carbocycles. The summed E-state index contributed by atoms with van der Waals surface area (Å²) in [7, 11) is -3.55. The summed E-state index contributed by atoms with van der Waals surface area (Å²) in [6.07, 6.45) is 0. The van der Waals surface area contributed by atoms with Gasteiger partial charge in [0.25, 0.3) is 0 Å². The van der Waals surface area contributed by atoms with Crippen molar-refractivity contribution < 1.29 is 8.42 Å². The molecular formula is C15H15N3O2S. The smallest absolute Gasteiger partial charge is 0.240 e. The summed E-state index contributed by atoms with van der Waals surface area (Å²) in [5, 5.41) is 8.71. The maximum atomic E-state index is 12.1. The Bertz CT molecular complexity index is 745. The molecule has 0 amide bonds. The molecule has 0 fully saturated rings. The zero-order chi connectivity index (χ0) is 15.3. The second-order valence-corrected chi connectivity index (χ2v) is 6.25. The van der Waals surface area contributed by atoms with Crippen LogP contribution >= 0.6 is 0 Å². The zero-order valence-corrected chi connectivity index (χ0v) is 12.1. The Morgan fingerprint density at radius 1 is 1.00 bits per heavy atom. The number of nitriles is 1. The molecule has 0 aliphatic heterocycles. The van der Waals surface area contributed by atoms with Crippen LogP contribution in [-0.4, -0.2) is 8.42 Å². The van der Waals surface area contributed by atoms with Gasteiger partial charge >= 0.3 is 0 Å². The van der Waals surface area contributed by atoms with Crippen molar-refractivity contribution in [3.8, 4) is 6.07 Å². The first-order valence-corrected chi connectivity index (χ1v) is 7.81. The minimum Gasteiger partial charge on any atom is -0.326 e. The second kappa shape index (κ2) is 6.50. The zero-order valence-electron chi connectivity index (χ0n) is 11.3. The van der Waals surface area contributed by atoms with Crippen molar-refractivity contribution in [2.24, 2.45) is 5.73 Å². The maximum absolute atomic E-state index is 12.1. The molecule has 0 atom stereocenters. The molecule has 5 nitrogen and oxygen atoms in total. The van der Waals surface area contributed by atoms with E-state index in [0.717, 1.165) is 11.1 Å². The van der Waals surface area contributed by atoms with E-state index in [0.29, 0.717) is 12.1 Å². The number of hydrogen-bond donors (Lipinski definition) is 2. The molecule has 0 bridgehead atoms. The fourth-order valence-electron chi connectivity index (χ4n) is 1.76. The Labute approximate surface area is 124 Å². The number of rotatable bonds is 5. The van der Waals surface area contributed by atoms with Crippen LogP contribution in [0.15, 0.2) is 53.4 Å². The lowest BCUT2D eigenvalue weighted by molar-refractivity contribution is 0.581. The first-order chi connectivity index (χ1) is 10.0. The van der Waals surface area contributed by atoms with Crippen LogP contribution in [0.3, 0.4) is 0 Å². The Kier molecular flexibility index (Phi) is 4.70. The molecule has 0 heterocycles. The monoisotopic (exact) mass is 301 g/mol. The highest BCUT2D eigenvalue weighted by molar-refractivity contribution is 7.89. The molecule has 108 valence electrons. The number of nitrogens with one attached hydrogen (secondary N) is 1. The molecule has 0 spiro atoms. The van der Waals surface area contributed by atoms with E-state index in [1.54, 1.807) is 36.4 Å². The molecule has 2 aromatic rings. The van der Waals surface area contributed by atoms with Gasteiger partial charge in [0.1, 0.15) is 0 Å². The topological polar surface area (TPSA) is 96.0 Å². The van der Waals surface area contributed by atoms with Crippen LogP contribution in [0.25, 0.3) is 0 Å². The van der Waals surface area contributed by atoms with E-state index in [1.807, 2.05) is 6.07 Å². The van der Waals surface area contributed by atoms with Crippen LogP contribution in [0.4, 0.5) is 0 Å². The Balaban J connectivity index is 2.08. The summed E-state index contributed by atoms with van der Waals surface area (Å²) in [6, 6.07) is 15.2. The fraction of sp³-hybridized carbons (Fsp3) is 0.133. The average Bonchev–Trinajstić information content (AvgIpc) is 2.53. The highest BCUT2D eigenvalue weighted by Gasteiger charge is 2.13. The number of hydrogen-bond acceptors (Lipinski definition) is 4. The summed E-state index contributed by atoms with van der Waals surface area (Å²) in [4.78, 5) is 0.202. The van der Waals surface area contributed by atoms with Gasteiger partial charge in [-0.1, -0.05) is 24.3 Å².